The fourth-order valence-electron chi connectivity index (χ4n) is 3.35. The van der Waals surface area contributed by atoms with Crippen molar-refractivity contribution in [2.75, 3.05) is 11.5 Å². The first-order valence-corrected chi connectivity index (χ1v) is 9.74. The van der Waals surface area contributed by atoms with Gasteiger partial charge in [0, 0.05) is 16.8 Å². The van der Waals surface area contributed by atoms with Crippen LogP contribution in [-0.2, 0) is 12.4 Å². The molecule has 0 atom stereocenters. The van der Waals surface area contributed by atoms with Crippen molar-refractivity contribution in [1.29, 1.82) is 0 Å². The molecule has 0 radical (unpaired) electrons. The highest BCUT2D eigenvalue weighted by molar-refractivity contribution is 5.91. The number of fused-ring (bicyclic) bond motifs is 1. The lowest BCUT2D eigenvalue weighted by atomic mass is 10.1. The molecule has 0 heterocycles. The Morgan fingerprint density at radius 1 is 0.559 bits per heavy atom. The highest BCUT2D eigenvalue weighted by atomic mass is 19.4. The van der Waals surface area contributed by atoms with Crippen LogP contribution in [0, 0.1) is 0 Å². The van der Waals surface area contributed by atoms with Crippen molar-refractivity contribution in [3.05, 3.63) is 83.9 Å². The summed E-state index contributed by atoms with van der Waals surface area (Å²) in [5.74, 6) is -1.59. The molecule has 0 unspecified atom stereocenters. The molecule has 4 rings (SSSR count). The molecule has 0 saturated carbocycles. The zero-order chi connectivity index (χ0) is 24.7. The SMILES string of the molecule is Nc1ccc(Oc2ccc3ccccc3c2Oc2ccc(N)cc2C(F)(F)F)c(C(F)(F)F)c1. The molecule has 0 spiro atoms. The number of halogens is 6. The highest BCUT2D eigenvalue weighted by Crippen LogP contribution is 2.46. The van der Waals surface area contributed by atoms with E-state index in [1.54, 1.807) is 30.3 Å². The number of benzene rings is 4. The first kappa shape index (κ1) is 23.1. The van der Waals surface area contributed by atoms with Gasteiger partial charge in [0.1, 0.15) is 22.6 Å². The van der Waals surface area contributed by atoms with Gasteiger partial charge in [-0.2, -0.15) is 26.3 Å². The molecule has 0 bridgehead atoms. The number of rotatable bonds is 4. The van der Waals surface area contributed by atoms with Crippen LogP contribution in [0.15, 0.2) is 72.8 Å². The third-order valence-electron chi connectivity index (χ3n) is 4.89. The van der Waals surface area contributed by atoms with E-state index in [1.165, 1.54) is 18.2 Å². The van der Waals surface area contributed by atoms with Gasteiger partial charge in [0.15, 0.2) is 11.5 Å². The van der Waals surface area contributed by atoms with Gasteiger partial charge in [-0.25, -0.2) is 0 Å². The summed E-state index contributed by atoms with van der Waals surface area (Å²) in [6.07, 6.45) is -9.58. The molecule has 4 nitrogen and oxygen atoms in total. The Morgan fingerprint density at radius 2 is 1.06 bits per heavy atom. The van der Waals surface area contributed by atoms with Crippen molar-refractivity contribution in [2.24, 2.45) is 0 Å². The van der Waals surface area contributed by atoms with E-state index in [-0.39, 0.29) is 22.9 Å². The lowest BCUT2D eigenvalue weighted by Crippen LogP contribution is -2.09. The van der Waals surface area contributed by atoms with Crippen LogP contribution in [0.5, 0.6) is 23.0 Å². The lowest BCUT2D eigenvalue weighted by molar-refractivity contribution is -0.139. The Bertz CT molecular complexity index is 1370. The molecule has 176 valence electrons. The van der Waals surface area contributed by atoms with Crippen molar-refractivity contribution < 1.29 is 35.8 Å². The molecule has 0 aliphatic rings. The summed E-state index contributed by atoms with van der Waals surface area (Å²) in [4.78, 5) is 0. The average molecular weight is 478 g/mol. The summed E-state index contributed by atoms with van der Waals surface area (Å²) >= 11 is 0. The van der Waals surface area contributed by atoms with Gasteiger partial charge >= 0.3 is 12.4 Å². The maximum absolute atomic E-state index is 13.6. The van der Waals surface area contributed by atoms with Crippen LogP contribution in [0.3, 0.4) is 0 Å². The summed E-state index contributed by atoms with van der Waals surface area (Å²) in [6, 6.07) is 15.3. The molecule has 4 aromatic rings. The number of hydrogen-bond donors (Lipinski definition) is 2. The third-order valence-corrected chi connectivity index (χ3v) is 4.89. The van der Waals surface area contributed by atoms with E-state index in [1.807, 2.05) is 0 Å². The Kier molecular flexibility index (Phi) is 5.68. The lowest BCUT2D eigenvalue weighted by Gasteiger charge is -2.19. The Hall–Kier alpha value is -4.08. The molecule has 10 heteroatoms. The Morgan fingerprint density at radius 3 is 1.62 bits per heavy atom. The predicted octanol–water partition coefficient (Wildman–Crippen LogP) is 7.63. The summed E-state index contributed by atoms with van der Waals surface area (Å²) in [5, 5.41) is 0.899. The van der Waals surface area contributed by atoms with Crippen molar-refractivity contribution in [2.45, 2.75) is 12.4 Å². The third kappa shape index (κ3) is 4.66. The van der Waals surface area contributed by atoms with Gasteiger partial charge in [-0.05, 0) is 47.9 Å². The number of alkyl halides is 6. The van der Waals surface area contributed by atoms with Gasteiger partial charge in [0.05, 0.1) is 0 Å². The van der Waals surface area contributed by atoms with Crippen LogP contribution >= 0.6 is 0 Å². The van der Waals surface area contributed by atoms with E-state index in [4.69, 9.17) is 20.9 Å². The van der Waals surface area contributed by atoms with E-state index in [0.29, 0.717) is 22.9 Å². The standard InChI is InChI=1S/C24H16F6N2O2/c25-23(26,27)17-11-14(31)6-9-19(17)33-21-8-5-13-3-1-2-4-16(13)22(21)34-20-10-7-15(32)12-18(20)24(28,29)30/h1-12H,31-32H2. The largest absolute Gasteiger partial charge is 0.453 e. The monoisotopic (exact) mass is 478 g/mol. The maximum atomic E-state index is 13.6. The van der Waals surface area contributed by atoms with Gasteiger partial charge < -0.3 is 20.9 Å². The Balaban J connectivity index is 1.88. The molecule has 0 aliphatic carbocycles. The van der Waals surface area contributed by atoms with E-state index >= 15 is 0 Å². The normalized spacial score (nSPS) is 12.1. The molecule has 34 heavy (non-hydrogen) atoms. The van der Waals surface area contributed by atoms with Crippen molar-refractivity contribution in [1.82, 2.24) is 0 Å². The van der Waals surface area contributed by atoms with E-state index in [0.717, 1.165) is 12.1 Å². The van der Waals surface area contributed by atoms with Crippen molar-refractivity contribution >= 4 is 22.1 Å². The van der Waals surface area contributed by atoms with Crippen molar-refractivity contribution in [3.8, 4) is 23.0 Å². The first-order chi connectivity index (χ1) is 15.9. The van der Waals surface area contributed by atoms with E-state index < -0.39 is 35.0 Å². The molecular weight excluding hydrogens is 462 g/mol. The van der Waals surface area contributed by atoms with Crippen LogP contribution in [0.2, 0.25) is 0 Å². The van der Waals surface area contributed by atoms with E-state index in [2.05, 4.69) is 0 Å². The molecule has 0 aliphatic heterocycles. The zero-order valence-corrected chi connectivity index (χ0v) is 17.2. The number of ether oxygens (including phenoxy) is 2. The van der Waals surface area contributed by atoms with Crippen LogP contribution in [0.25, 0.3) is 10.8 Å². The molecule has 4 N–H and O–H groups in total. The molecule has 0 saturated heterocycles. The smallest absolute Gasteiger partial charge is 0.420 e. The maximum Gasteiger partial charge on any atom is 0.420 e. The molecule has 0 fully saturated rings. The van der Waals surface area contributed by atoms with Gasteiger partial charge in [0.25, 0.3) is 0 Å². The minimum Gasteiger partial charge on any atom is -0.453 e. The minimum absolute atomic E-state index is 0.133. The molecule has 0 amide bonds. The number of hydrogen-bond acceptors (Lipinski definition) is 4. The van der Waals surface area contributed by atoms with Gasteiger partial charge in [-0.1, -0.05) is 30.3 Å². The topological polar surface area (TPSA) is 70.5 Å². The van der Waals surface area contributed by atoms with E-state index in [9.17, 15) is 26.3 Å². The molecular formula is C24H16F6N2O2. The zero-order valence-electron chi connectivity index (χ0n) is 17.2. The number of nitrogen functional groups attached to an aromatic ring is 2. The second-order valence-electron chi connectivity index (χ2n) is 7.32. The number of nitrogens with two attached hydrogens (primary N) is 2. The quantitative estimate of drug-likeness (QED) is 0.234. The fraction of sp³-hybridized carbons (Fsp3) is 0.0833. The summed E-state index contributed by atoms with van der Waals surface area (Å²) in [7, 11) is 0. The van der Waals surface area contributed by atoms with Gasteiger partial charge in [-0.15, -0.1) is 0 Å². The Labute approximate surface area is 189 Å². The highest BCUT2D eigenvalue weighted by Gasteiger charge is 2.36. The fourth-order valence-corrected chi connectivity index (χ4v) is 3.35. The van der Waals surface area contributed by atoms with Crippen LogP contribution in [0.1, 0.15) is 11.1 Å². The summed E-state index contributed by atoms with van der Waals surface area (Å²) in [5.41, 5.74) is 8.46. The van der Waals surface area contributed by atoms with Crippen molar-refractivity contribution in [3.63, 3.8) is 0 Å². The average Bonchev–Trinajstić information content (AvgIpc) is 2.76. The van der Waals surface area contributed by atoms with Crippen LogP contribution in [-0.4, -0.2) is 0 Å². The predicted molar refractivity (Wildman–Crippen MR) is 116 cm³/mol. The summed E-state index contributed by atoms with van der Waals surface area (Å²) < 4.78 is 92.7. The minimum atomic E-state index is -4.79. The first-order valence-electron chi connectivity index (χ1n) is 9.74. The van der Waals surface area contributed by atoms with Gasteiger partial charge in [0.2, 0.25) is 0 Å². The second-order valence-corrected chi connectivity index (χ2v) is 7.32. The number of anilines is 2. The molecule has 4 aromatic carbocycles. The van der Waals surface area contributed by atoms with Gasteiger partial charge in [-0.3, -0.25) is 0 Å². The van der Waals surface area contributed by atoms with Crippen LogP contribution < -0.4 is 20.9 Å². The molecule has 0 aromatic heterocycles. The van der Waals surface area contributed by atoms with Crippen LogP contribution in [0.4, 0.5) is 37.7 Å². The second kappa shape index (κ2) is 8.36. The summed E-state index contributed by atoms with van der Waals surface area (Å²) in [6.45, 7) is 0.